The second kappa shape index (κ2) is 5.10. The zero-order valence-electron chi connectivity index (χ0n) is 11.5. The van der Waals surface area contributed by atoms with E-state index in [0.29, 0.717) is 16.4 Å². The average molecular weight is 303 g/mol. The number of carbonyl (C=O) groups excluding carboxylic acids is 1. The van der Waals surface area contributed by atoms with Crippen molar-refractivity contribution in [1.29, 1.82) is 0 Å². The molecule has 3 aromatic rings. The van der Waals surface area contributed by atoms with E-state index in [-0.39, 0.29) is 0 Å². The van der Waals surface area contributed by atoms with Crippen LogP contribution in [0.2, 0.25) is 0 Å². The van der Waals surface area contributed by atoms with Crippen molar-refractivity contribution < 1.29 is 14.3 Å². The van der Waals surface area contributed by atoms with E-state index < -0.39 is 5.91 Å². The van der Waals surface area contributed by atoms with Crippen LogP contribution in [0.1, 0.15) is 9.67 Å². The molecule has 1 aromatic carbocycles. The van der Waals surface area contributed by atoms with Crippen molar-refractivity contribution in [2.75, 3.05) is 14.2 Å². The molecule has 6 nitrogen and oxygen atoms in total. The Hall–Kier alpha value is -2.54. The van der Waals surface area contributed by atoms with Crippen molar-refractivity contribution in [1.82, 2.24) is 9.55 Å². The zero-order chi connectivity index (χ0) is 15.0. The molecule has 0 fully saturated rings. The fraction of sp³-hybridized carbons (Fsp3) is 0.143. The van der Waals surface area contributed by atoms with Gasteiger partial charge in [-0.3, -0.25) is 9.36 Å². The number of thiophene rings is 1. The SMILES string of the molecule is COc1cc2ncn(-c3ccc(C(N)=O)s3)c2cc1OC. The lowest BCUT2D eigenvalue weighted by Crippen LogP contribution is -2.08. The van der Waals surface area contributed by atoms with E-state index in [1.54, 1.807) is 26.6 Å². The Kier molecular flexibility index (Phi) is 3.26. The highest BCUT2D eigenvalue weighted by Gasteiger charge is 2.13. The summed E-state index contributed by atoms with van der Waals surface area (Å²) < 4.78 is 12.5. The van der Waals surface area contributed by atoms with E-state index in [9.17, 15) is 4.79 Å². The number of aromatic nitrogens is 2. The van der Waals surface area contributed by atoms with E-state index in [1.165, 1.54) is 11.3 Å². The number of hydrogen-bond donors (Lipinski definition) is 1. The van der Waals surface area contributed by atoms with E-state index in [0.717, 1.165) is 16.0 Å². The number of hydrogen-bond acceptors (Lipinski definition) is 5. The van der Waals surface area contributed by atoms with Crippen LogP contribution in [0.25, 0.3) is 16.0 Å². The van der Waals surface area contributed by atoms with E-state index in [2.05, 4.69) is 4.98 Å². The largest absolute Gasteiger partial charge is 0.493 e. The van der Waals surface area contributed by atoms with Crippen molar-refractivity contribution in [2.45, 2.75) is 0 Å². The Balaban J connectivity index is 2.16. The maximum atomic E-state index is 11.2. The van der Waals surface area contributed by atoms with Gasteiger partial charge in [-0.15, -0.1) is 11.3 Å². The first-order valence-electron chi connectivity index (χ1n) is 6.13. The number of carbonyl (C=O) groups is 1. The normalized spacial score (nSPS) is 10.8. The molecule has 1 amide bonds. The molecule has 2 aromatic heterocycles. The van der Waals surface area contributed by atoms with Crippen LogP contribution in [0.15, 0.2) is 30.6 Å². The van der Waals surface area contributed by atoms with Crippen molar-refractivity contribution in [3.63, 3.8) is 0 Å². The van der Waals surface area contributed by atoms with Crippen LogP contribution in [-0.2, 0) is 0 Å². The second-order valence-electron chi connectivity index (χ2n) is 4.31. The third-order valence-corrected chi connectivity index (χ3v) is 4.22. The molecule has 0 bridgehead atoms. The quantitative estimate of drug-likeness (QED) is 0.801. The maximum absolute atomic E-state index is 11.2. The number of rotatable bonds is 4. The minimum atomic E-state index is -0.435. The third-order valence-electron chi connectivity index (χ3n) is 3.12. The predicted molar refractivity (Wildman–Crippen MR) is 80.6 cm³/mol. The molecule has 0 aliphatic rings. The number of methoxy groups -OCH3 is 2. The first-order chi connectivity index (χ1) is 10.1. The molecular weight excluding hydrogens is 290 g/mol. The van der Waals surface area contributed by atoms with Crippen molar-refractivity contribution >= 4 is 28.3 Å². The number of imidazole rings is 1. The van der Waals surface area contributed by atoms with Crippen LogP contribution in [0, 0.1) is 0 Å². The summed E-state index contributed by atoms with van der Waals surface area (Å²) in [6.45, 7) is 0. The van der Waals surface area contributed by atoms with Gasteiger partial charge in [0, 0.05) is 12.1 Å². The van der Waals surface area contributed by atoms with Gasteiger partial charge in [0.2, 0.25) is 0 Å². The van der Waals surface area contributed by atoms with Gasteiger partial charge < -0.3 is 15.2 Å². The number of ether oxygens (including phenoxy) is 2. The molecule has 7 heteroatoms. The molecule has 0 aliphatic heterocycles. The molecule has 2 heterocycles. The Labute approximate surface area is 124 Å². The highest BCUT2D eigenvalue weighted by atomic mass is 32.1. The molecule has 0 spiro atoms. The summed E-state index contributed by atoms with van der Waals surface area (Å²) in [7, 11) is 3.17. The molecule has 21 heavy (non-hydrogen) atoms. The molecule has 3 rings (SSSR count). The number of benzene rings is 1. The van der Waals surface area contributed by atoms with E-state index in [1.807, 2.05) is 22.8 Å². The minimum Gasteiger partial charge on any atom is -0.493 e. The van der Waals surface area contributed by atoms with Gasteiger partial charge in [-0.05, 0) is 12.1 Å². The molecule has 0 aliphatic carbocycles. The van der Waals surface area contributed by atoms with Gasteiger partial charge in [-0.1, -0.05) is 0 Å². The predicted octanol–water partition coefficient (Wildman–Crippen LogP) is 2.20. The summed E-state index contributed by atoms with van der Waals surface area (Å²) >= 11 is 1.31. The van der Waals surface area contributed by atoms with Gasteiger partial charge in [-0.2, -0.15) is 0 Å². The summed E-state index contributed by atoms with van der Waals surface area (Å²) in [5.41, 5.74) is 6.93. The average Bonchev–Trinajstić information content (AvgIpc) is 3.11. The summed E-state index contributed by atoms with van der Waals surface area (Å²) in [4.78, 5) is 16.1. The van der Waals surface area contributed by atoms with Gasteiger partial charge in [0.25, 0.3) is 5.91 Å². The van der Waals surface area contributed by atoms with Gasteiger partial charge >= 0.3 is 0 Å². The number of fused-ring (bicyclic) bond motifs is 1. The first kappa shape index (κ1) is 13.4. The van der Waals surface area contributed by atoms with Crippen molar-refractivity contribution in [3.8, 4) is 16.5 Å². The molecule has 0 saturated heterocycles. The number of nitrogens with zero attached hydrogens (tertiary/aromatic N) is 2. The fourth-order valence-corrected chi connectivity index (χ4v) is 2.94. The molecule has 0 unspecified atom stereocenters. The Morgan fingerprint density at radius 3 is 2.57 bits per heavy atom. The highest BCUT2D eigenvalue weighted by Crippen LogP contribution is 2.33. The smallest absolute Gasteiger partial charge is 0.258 e. The van der Waals surface area contributed by atoms with Gasteiger partial charge in [0.15, 0.2) is 11.5 Å². The van der Waals surface area contributed by atoms with Gasteiger partial charge in [0.1, 0.15) is 11.3 Å². The van der Waals surface area contributed by atoms with Crippen LogP contribution < -0.4 is 15.2 Å². The van der Waals surface area contributed by atoms with Crippen LogP contribution in [0.3, 0.4) is 0 Å². The number of primary amides is 1. The van der Waals surface area contributed by atoms with E-state index in [4.69, 9.17) is 15.2 Å². The van der Waals surface area contributed by atoms with Crippen molar-refractivity contribution in [2.24, 2.45) is 5.73 Å². The molecule has 108 valence electrons. The Morgan fingerprint density at radius 1 is 1.24 bits per heavy atom. The van der Waals surface area contributed by atoms with Crippen LogP contribution >= 0.6 is 11.3 Å². The van der Waals surface area contributed by atoms with Crippen LogP contribution in [-0.4, -0.2) is 29.7 Å². The maximum Gasteiger partial charge on any atom is 0.258 e. The summed E-state index contributed by atoms with van der Waals surface area (Å²) in [6.07, 6.45) is 1.69. The lowest BCUT2D eigenvalue weighted by molar-refractivity contribution is 0.100. The summed E-state index contributed by atoms with van der Waals surface area (Å²) in [5, 5.41) is 0.860. The first-order valence-corrected chi connectivity index (χ1v) is 6.94. The second-order valence-corrected chi connectivity index (χ2v) is 5.37. The van der Waals surface area contributed by atoms with Gasteiger partial charge in [0.05, 0.1) is 30.1 Å². The van der Waals surface area contributed by atoms with Crippen LogP contribution in [0.4, 0.5) is 0 Å². The molecule has 0 radical (unpaired) electrons. The topological polar surface area (TPSA) is 79.4 Å². The number of nitrogens with two attached hydrogens (primary N) is 1. The Bertz CT molecular complexity index is 822. The third kappa shape index (κ3) is 2.21. The monoisotopic (exact) mass is 303 g/mol. The van der Waals surface area contributed by atoms with Crippen molar-refractivity contribution in [3.05, 3.63) is 35.5 Å². The Morgan fingerprint density at radius 2 is 1.95 bits per heavy atom. The molecular formula is C14H13N3O3S. The van der Waals surface area contributed by atoms with E-state index >= 15 is 0 Å². The zero-order valence-corrected chi connectivity index (χ0v) is 12.3. The minimum absolute atomic E-state index is 0.435. The molecule has 0 saturated carbocycles. The van der Waals surface area contributed by atoms with Gasteiger partial charge in [-0.25, -0.2) is 4.98 Å². The summed E-state index contributed by atoms with van der Waals surface area (Å²) in [5.74, 6) is 0.813. The van der Waals surface area contributed by atoms with Crippen LogP contribution in [0.5, 0.6) is 11.5 Å². The molecule has 2 N–H and O–H groups in total. The number of amides is 1. The fourth-order valence-electron chi connectivity index (χ4n) is 2.10. The standard InChI is InChI=1S/C14H13N3O3S/c1-19-10-5-8-9(6-11(10)20-2)17(7-16-8)13-4-3-12(21-13)14(15)18/h3-7H,1-2H3,(H2,15,18). The molecule has 0 atom stereocenters. The lowest BCUT2D eigenvalue weighted by atomic mass is 10.2. The highest BCUT2D eigenvalue weighted by molar-refractivity contribution is 7.16. The summed E-state index contributed by atoms with van der Waals surface area (Å²) in [6, 6.07) is 7.20. The lowest BCUT2D eigenvalue weighted by Gasteiger charge is -2.08.